The highest BCUT2D eigenvalue weighted by atomic mass is 32.1. The number of hydrogen-bond donors (Lipinski definition) is 1. The quantitative estimate of drug-likeness (QED) is 0.857. The van der Waals surface area contributed by atoms with Crippen LogP contribution in [-0.4, -0.2) is 10.1 Å². The van der Waals surface area contributed by atoms with Gasteiger partial charge in [-0.15, -0.1) is 11.3 Å². The third kappa shape index (κ3) is 3.02. The lowest BCUT2D eigenvalue weighted by Gasteiger charge is -2.16. The molecule has 3 heteroatoms. The molecular weight excluding hydrogens is 206 g/mol. The Morgan fingerprint density at radius 1 is 1.47 bits per heavy atom. The number of nitrogens with zero attached hydrogens (tertiary/aromatic N) is 1. The van der Waals surface area contributed by atoms with E-state index < -0.39 is 6.10 Å². The van der Waals surface area contributed by atoms with Crippen molar-refractivity contribution in [3.05, 3.63) is 16.1 Å². The van der Waals surface area contributed by atoms with Gasteiger partial charge in [0.05, 0.1) is 16.8 Å². The summed E-state index contributed by atoms with van der Waals surface area (Å²) >= 11 is 1.64. The lowest BCUT2D eigenvalue weighted by atomic mass is 9.97. The molecule has 0 bridgehead atoms. The van der Waals surface area contributed by atoms with Crippen LogP contribution in [0.1, 0.15) is 57.8 Å². The molecule has 0 spiro atoms. The first-order valence-corrected chi connectivity index (χ1v) is 6.38. The Labute approximate surface area is 96.4 Å². The summed E-state index contributed by atoms with van der Waals surface area (Å²) in [4.78, 5) is 4.52. The first kappa shape index (κ1) is 12.7. The minimum absolute atomic E-state index is 0.0814. The van der Waals surface area contributed by atoms with Crippen LogP contribution in [0, 0.1) is 5.92 Å². The monoisotopic (exact) mass is 227 g/mol. The van der Waals surface area contributed by atoms with Crippen molar-refractivity contribution in [1.29, 1.82) is 0 Å². The van der Waals surface area contributed by atoms with E-state index in [1.807, 2.05) is 5.38 Å². The molecule has 0 aliphatic carbocycles. The number of aliphatic hydroxyl groups is 1. The maximum Gasteiger partial charge on any atom is 0.0993 e. The van der Waals surface area contributed by atoms with Gasteiger partial charge in [0.1, 0.15) is 0 Å². The van der Waals surface area contributed by atoms with Gasteiger partial charge in [0.15, 0.2) is 0 Å². The van der Waals surface area contributed by atoms with Gasteiger partial charge >= 0.3 is 0 Å². The molecule has 1 N–H and O–H groups in total. The molecule has 15 heavy (non-hydrogen) atoms. The maximum atomic E-state index is 10.0. The van der Waals surface area contributed by atoms with Crippen LogP contribution in [0.2, 0.25) is 0 Å². The highest BCUT2D eigenvalue weighted by molar-refractivity contribution is 7.09. The van der Waals surface area contributed by atoms with Crippen molar-refractivity contribution in [2.24, 2.45) is 5.92 Å². The molecule has 1 rings (SSSR count). The van der Waals surface area contributed by atoms with Gasteiger partial charge in [-0.05, 0) is 5.92 Å². The van der Waals surface area contributed by atoms with Crippen molar-refractivity contribution in [1.82, 2.24) is 4.98 Å². The van der Waals surface area contributed by atoms with Crippen molar-refractivity contribution in [3.63, 3.8) is 0 Å². The average molecular weight is 227 g/mol. The van der Waals surface area contributed by atoms with Gasteiger partial charge in [-0.2, -0.15) is 0 Å². The molecule has 2 nitrogen and oxygen atoms in total. The fourth-order valence-corrected chi connectivity index (χ4v) is 2.22. The van der Waals surface area contributed by atoms with Gasteiger partial charge in [0, 0.05) is 10.8 Å². The SMILES string of the molecule is CCC(C)C(O)c1csc(C(C)(C)C)n1. The van der Waals surface area contributed by atoms with E-state index in [-0.39, 0.29) is 11.3 Å². The number of rotatable bonds is 3. The number of thiazole rings is 1. The van der Waals surface area contributed by atoms with Crippen molar-refractivity contribution >= 4 is 11.3 Å². The molecule has 0 saturated carbocycles. The largest absolute Gasteiger partial charge is 0.386 e. The molecule has 0 saturated heterocycles. The molecule has 1 aromatic heterocycles. The zero-order valence-corrected chi connectivity index (χ0v) is 11.1. The van der Waals surface area contributed by atoms with Crippen molar-refractivity contribution < 1.29 is 5.11 Å². The molecule has 0 aliphatic rings. The molecule has 0 aliphatic heterocycles. The second kappa shape index (κ2) is 4.62. The van der Waals surface area contributed by atoms with Gasteiger partial charge < -0.3 is 5.11 Å². The Kier molecular flexibility index (Phi) is 3.90. The van der Waals surface area contributed by atoms with Crippen LogP contribution < -0.4 is 0 Å². The van der Waals surface area contributed by atoms with E-state index >= 15 is 0 Å². The number of hydrogen-bond acceptors (Lipinski definition) is 3. The first-order chi connectivity index (χ1) is 6.86. The Bertz CT molecular complexity index is 314. The lowest BCUT2D eigenvalue weighted by molar-refractivity contribution is 0.111. The molecule has 0 amide bonds. The molecule has 1 aromatic rings. The second-order valence-electron chi connectivity index (χ2n) is 5.16. The summed E-state index contributed by atoms with van der Waals surface area (Å²) in [6.07, 6.45) is 0.561. The normalized spacial score (nSPS) is 16.4. The Morgan fingerprint density at radius 2 is 2.07 bits per heavy atom. The number of aromatic nitrogens is 1. The summed E-state index contributed by atoms with van der Waals surface area (Å²) in [5, 5.41) is 13.1. The molecular formula is C12H21NOS. The van der Waals surface area contributed by atoms with Crippen LogP contribution >= 0.6 is 11.3 Å². The third-order valence-corrected chi connectivity index (χ3v) is 3.94. The smallest absolute Gasteiger partial charge is 0.0993 e. The zero-order valence-electron chi connectivity index (χ0n) is 10.2. The summed E-state index contributed by atoms with van der Waals surface area (Å²) in [6, 6.07) is 0. The lowest BCUT2D eigenvalue weighted by Crippen LogP contribution is -2.13. The minimum Gasteiger partial charge on any atom is -0.386 e. The highest BCUT2D eigenvalue weighted by Gasteiger charge is 2.22. The van der Waals surface area contributed by atoms with E-state index in [4.69, 9.17) is 0 Å². The van der Waals surface area contributed by atoms with E-state index in [1.165, 1.54) is 0 Å². The molecule has 0 fully saturated rings. The molecule has 0 radical (unpaired) electrons. The third-order valence-electron chi connectivity index (χ3n) is 2.65. The standard InChI is InChI=1S/C12H21NOS/c1-6-8(2)10(14)9-7-15-11(13-9)12(3,4)5/h7-8,10,14H,6H2,1-5H3. The van der Waals surface area contributed by atoms with Gasteiger partial charge in [0.25, 0.3) is 0 Å². The summed E-state index contributed by atoms with van der Waals surface area (Å²) in [5.41, 5.74) is 0.914. The van der Waals surface area contributed by atoms with Crippen molar-refractivity contribution in [2.45, 2.75) is 52.6 Å². The van der Waals surface area contributed by atoms with Crippen LogP contribution in [0.25, 0.3) is 0 Å². The molecule has 1 heterocycles. The minimum atomic E-state index is -0.414. The molecule has 2 unspecified atom stereocenters. The molecule has 86 valence electrons. The van der Waals surface area contributed by atoms with E-state index in [1.54, 1.807) is 11.3 Å². The Hall–Kier alpha value is -0.410. The zero-order chi connectivity index (χ0) is 11.6. The van der Waals surface area contributed by atoms with Gasteiger partial charge in [-0.25, -0.2) is 4.98 Å². The maximum absolute atomic E-state index is 10.0. The summed E-state index contributed by atoms with van der Waals surface area (Å²) in [7, 11) is 0. The summed E-state index contributed by atoms with van der Waals surface area (Å²) in [5.74, 6) is 0.278. The first-order valence-electron chi connectivity index (χ1n) is 5.50. The highest BCUT2D eigenvalue weighted by Crippen LogP contribution is 2.30. The number of aliphatic hydroxyl groups excluding tert-OH is 1. The van der Waals surface area contributed by atoms with Crippen molar-refractivity contribution in [3.8, 4) is 0 Å². The van der Waals surface area contributed by atoms with Crippen molar-refractivity contribution in [2.75, 3.05) is 0 Å². The van der Waals surface area contributed by atoms with E-state index in [0.717, 1.165) is 17.1 Å². The van der Waals surface area contributed by atoms with Crippen LogP contribution in [0.15, 0.2) is 5.38 Å². The van der Waals surface area contributed by atoms with E-state index in [9.17, 15) is 5.11 Å². The molecule has 0 aromatic carbocycles. The average Bonchev–Trinajstić information content (AvgIpc) is 2.63. The van der Waals surface area contributed by atoms with Gasteiger partial charge in [-0.1, -0.05) is 41.0 Å². The van der Waals surface area contributed by atoms with E-state index in [2.05, 4.69) is 39.6 Å². The second-order valence-corrected chi connectivity index (χ2v) is 6.02. The fraction of sp³-hybridized carbons (Fsp3) is 0.750. The predicted molar refractivity (Wildman–Crippen MR) is 65.2 cm³/mol. The fourth-order valence-electron chi connectivity index (χ4n) is 1.28. The van der Waals surface area contributed by atoms with Crippen LogP contribution in [-0.2, 0) is 5.41 Å². The van der Waals surface area contributed by atoms with Crippen LogP contribution in [0.3, 0.4) is 0 Å². The Morgan fingerprint density at radius 3 is 2.47 bits per heavy atom. The Balaban J connectivity index is 2.85. The topological polar surface area (TPSA) is 33.1 Å². The predicted octanol–water partition coefficient (Wildman–Crippen LogP) is 3.52. The summed E-state index contributed by atoms with van der Waals surface area (Å²) < 4.78 is 0. The van der Waals surface area contributed by atoms with Crippen LogP contribution in [0.5, 0.6) is 0 Å². The summed E-state index contributed by atoms with van der Waals surface area (Å²) in [6.45, 7) is 10.6. The van der Waals surface area contributed by atoms with Gasteiger partial charge in [0.2, 0.25) is 0 Å². The molecule has 2 atom stereocenters. The van der Waals surface area contributed by atoms with E-state index in [0.29, 0.717) is 0 Å². The van der Waals surface area contributed by atoms with Gasteiger partial charge in [-0.3, -0.25) is 0 Å². The van der Waals surface area contributed by atoms with Crippen LogP contribution in [0.4, 0.5) is 0 Å².